The molecule has 5 N–H and O–H groups in total. The van der Waals surface area contributed by atoms with E-state index in [0.29, 0.717) is 23.4 Å². The summed E-state index contributed by atoms with van der Waals surface area (Å²) in [5.74, 6) is -0.515. The summed E-state index contributed by atoms with van der Waals surface area (Å²) < 4.78 is 81.2. The van der Waals surface area contributed by atoms with Crippen LogP contribution in [0.1, 0.15) is 134 Å². The Morgan fingerprint density at radius 3 is 2.17 bits per heavy atom. The molecule has 2 aromatic heterocycles. The minimum atomic E-state index is -4.79. The Bertz CT molecular complexity index is 1890. The lowest BCUT2D eigenvalue weighted by atomic mass is 9.93. The lowest BCUT2D eigenvalue weighted by Crippen LogP contribution is -2.39. The van der Waals surface area contributed by atoms with Crippen molar-refractivity contribution in [2.24, 2.45) is 0 Å². The van der Waals surface area contributed by atoms with Gasteiger partial charge in [0, 0.05) is 19.5 Å². The Balaban J connectivity index is 1.22. The van der Waals surface area contributed by atoms with Crippen LogP contribution in [0.3, 0.4) is 0 Å². The number of sulfone groups is 1. The van der Waals surface area contributed by atoms with Crippen LogP contribution in [0.5, 0.6) is 0 Å². The van der Waals surface area contributed by atoms with E-state index in [1.54, 1.807) is 19.1 Å². The number of phosphoric ester groups is 1. The van der Waals surface area contributed by atoms with E-state index in [2.05, 4.69) is 17.0 Å². The zero-order chi connectivity index (χ0) is 43.6. The van der Waals surface area contributed by atoms with Crippen molar-refractivity contribution in [3.63, 3.8) is 0 Å². The Labute approximate surface area is 355 Å². The van der Waals surface area contributed by atoms with Gasteiger partial charge >= 0.3 is 7.82 Å². The van der Waals surface area contributed by atoms with Crippen molar-refractivity contribution < 1.29 is 55.7 Å². The minimum Gasteiger partial charge on any atom is -0.387 e. The SMILES string of the molecule is CCCCCCCCCCCCCCCCCCOC[C@H](CCOCc1cc(F)cc(S(C)(=O)=O)c1)OP(=O)(O)OC[C@H]1O[C@@](C)(c2ccc3c(N)ncnn23)[C@H](O)[C@@H]1O. The minimum absolute atomic E-state index is 0.00780. The molecule has 1 saturated heterocycles. The van der Waals surface area contributed by atoms with Crippen molar-refractivity contribution in [1.82, 2.24) is 14.6 Å². The summed E-state index contributed by atoms with van der Waals surface area (Å²) in [6.45, 7) is 3.43. The van der Waals surface area contributed by atoms with Crippen molar-refractivity contribution in [3.05, 3.63) is 53.7 Å². The van der Waals surface area contributed by atoms with Crippen LogP contribution >= 0.6 is 7.82 Å². The molecule has 6 atom stereocenters. The molecule has 0 radical (unpaired) electrons. The first-order valence-corrected chi connectivity index (χ1v) is 25.0. The second kappa shape index (κ2) is 24.9. The molecular weight excluding hydrogens is 819 g/mol. The molecule has 3 heterocycles. The van der Waals surface area contributed by atoms with Crippen LogP contribution in [0, 0.1) is 5.82 Å². The normalized spacial score (nSPS) is 21.1. The topological polar surface area (TPSA) is 214 Å². The largest absolute Gasteiger partial charge is 0.472 e. The van der Waals surface area contributed by atoms with Crippen LogP contribution in [0.4, 0.5) is 10.2 Å². The number of fused-ring (bicyclic) bond motifs is 1. The number of nitrogen functional groups attached to an aromatic ring is 1. The third kappa shape index (κ3) is 16.0. The van der Waals surface area contributed by atoms with Crippen molar-refractivity contribution in [3.8, 4) is 0 Å². The van der Waals surface area contributed by atoms with E-state index in [0.717, 1.165) is 31.6 Å². The monoisotopic (exact) mass is 886 g/mol. The number of halogens is 1. The quantitative estimate of drug-likeness (QED) is 0.0362. The third-order valence-corrected chi connectivity index (χ3v) is 13.1. The van der Waals surface area contributed by atoms with Gasteiger partial charge in [-0.3, -0.25) is 9.05 Å². The molecular formula is C42H68FN4O11PS. The molecule has 15 nitrogen and oxygen atoms in total. The highest BCUT2D eigenvalue weighted by molar-refractivity contribution is 7.90. The maximum Gasteiger partial charge on any atom is 0.472 e. The highest BCUT2D eigenvalue weighted by Crippen LogP contribution is 2.47. The van der Waals surface area contributed by atoms with Crippen LogP contribution in [0.25, 0.3) is 5.52 Å². The number of hydrogen-bond acceptors (Lipinski definition) is 13. The maximum atomic E-state index is 14.1. The van der Waals surface area contributed by atoms with Gasteiger partial charge in [-0.25, -0.2) is 26.9 Å². The van der Waals surface area contributed by atoms with E-state index in [4.69, 9.17) is 29.0 Å². The van der Waals surface area contributed by atoms with Gasteiger partial charge in [-0.05, 0) is 55.7 Å². The molecule has 4 rings (SSSR count). The number of hydrogen-bond donors (Lipinski definition) is 4. The lowest BCUT2D eigenvalue weighted by Gasteiger charge is -2.27. The Morgan fingerprint density at radius 2 is 1.55 bits per heavy atom. The van der Waals surface area contributed by atoms with Gasteiger partial charge in [0.15, 0.2) is 15.7 Å². The van der Waals surface area contributed by atoms with E-state index in [9.17, 15) is 32.5 Å². The second-order valence-corrected chi connectivity index (χ2v) is 19.6. The molecule has 0 bridgehead atoms. The number of rotatable bonds is 31. The molecule has 1 aromatic carbocycles. The van der Waals surface area contributed by atoms with Crippen molar-refractivity contribution in [2.75, 3.05) is 38.4 Å². The van der Waals surface area contributed by atoms with Gasteiger partial charge in [0.2, 0.25) is 0 Å². The Morgan fingerprint density at radius 1 is 0.933 bits per heavy atom. The molecule has 1 aliphatic heterocycles. The number of nitrogens with two attached hydrogens (primary N) is 1. The Hall–Kier alpha value is -2.57. The molecule has 1 fully saturated rings. The average Bonchev–Trinajstić information content (AvgIpc) is 3.74. The van der Waals surface area contributed by atoms with E-state index in [-0.39, 0.29) is 37.0 Å². The van der Waals surface area contributed by atoms with E-state index < -0.39 is 60.1 Å². The Kier molecular flexibility index (Phi) is 20.8. The van der Waals surface area contributed by atoms with E-state index >= 15 is 0 Å². The fourth-order valence-corrected chi connectivity index (χ4v) is 9.13. The summed E-state index contributed by atoms with van der Waals surface area (Å²) >= 11 is 0. The number of aliphatic hydroxyl groups is 2. The number of phosphoric acid groups is 1. The number of benzene rings is 1. The molecule has 1 aliphatic rings. The number of unbranched alkanes of at least 4 members (excludes halogenated alkanes) is 15. The second-order valence-electron chi connectivity index (χ2n) is 16.1. The molecule has 0 spiro atoms. The molecule has 0 saturated carbocycles. The van der Waals surface area contributed by atoms with Gasteiger partial charge in [-0.1, -0.05) is 103 Å². The average molecular weight is 887 g/mol. The smallest absolute Gasteiger partial charge is 0.387 e. The molecule has 3 aromatic rings. The number of anilines is 1. The summed E-state index contributed by atoms with van der Waals surface area (Å²) in [4.78, 5) is 14.6. The molecule has 60 heavy (non-hydrogen) atoms. The van der Waals surface area contributed by atoms with E-state index in [1.165, 1.54) is 106 Å². The predicted octanol–water partition coefficient (Wildman–Crippen LogP) is 7.58. The first-order valence-electron chi connectivity index (χ1n) is 21.6. The first-order chi connectivity index (χ1) is 28.6. The summed E-state index contributed by atoms with van der Waals surface area (Å²) in [6, 6.07) is 6.71. The molecule has 340 valence electrons. The number of aliphatic hydroxyl groups excluding tert-OH is 2. The molecule has 0 aliphatic carbocycles. The molecule has 1 unspecified atom stereocenters. The van der Waals surface area contributed by atoms with Gasteiger partial charge in [0.05, 0.1) is 36.5 Å². The highest BCUT2D eigenvalue weighted by atomic mass is 32.2. The van der Waals surface area contributed by atoms with Crippen LogP contribution in [0.15, 0.2) is 41.6 Å². The van der Waals surface area contributed by atoms with Gasteiger partial charge in [-0.15, -0.1) is 0 Å². The number of nitrogens with zero attached hydrogens (tertiary/aromatic N) is 3. The zero-order valence-corrected chi connectivity index (χ0v) is 37.3. The summed E-state index contributed by atoms with van der Waals surface area (Å²) in [7, 11) is -8.44. The lowest BCUT2D eigenvalue weighted by molar-refractivity contribution is -0.0899. The fraction of sp³-hybridized carbons (Fsp3) is 0.714. The zero-order valence-electron chi connectivity index (χ0n) is 35.6. The summed E-state index contributed by atoms with van der Waals surface area (Å²) in [6.07, 6.45) is 17.1. The standard InChI is InChI=1S/C42H68FN4O11PS/c1-4-5-6-7-8-9-10-11-12-13-14-15-16-17-18-19-23-54-29-34(22-24-55-28-32-25-33(43)27-35(26-32)60(3,52)53)58-59(50,51)56-30-37-39(48)40(49)42(2,57-37)38-21-20-36-41(44)45-31-46-47(36)38/h20-21,25-27,31,34,37,39-40,48-49H,4-19,22-24,28-30H2,1-3H3,(H,50,51)(H2,44,45,46)/t34-,37+,39+,40+,42-/m0/s1. The van der Waals surface area contributed by atoms with Gasteiger partial charge in [0.25, 0.3) is 0 Å². The predicted molar refractivity (Wildman–Crippen MR) is 226 cm³/mol. The third-order valence-electron chi connectivity index (χ3n) is 11.0. The van der Waals surface area contributed by atoms with Gasteiger partial charge in [-0.2, -0.15) is 5.10 Å². The van der Waals surface area contributed by atoms with Crippen LogP contribution in [-0.4, -0.2) is 95.2 Å². The molecule has 0 amide bonds. The van der Waals surface area contributed by atoms with Crippen LogP contribution in [0.2, 0.25) is 0 Å². The number of ether oxygens (including phenoxy) is 3. The summed E-state index contributed by atoms with van der Waals surface area (Å²) in [5, 5.41) is 26.1. The molecule has 18 heteroatoms. The highest BCUT2D eigenvalue weighted by Gasteiger charge is 2.54. The van der Waals surface area contributed by atoms with Crippen molar-refractivity contribution in [1.29, 1.82) is 0 Å². The van der Waals surface area contributed by atoms with Gasteiger partial charge < -0.3 is 35.1 Å². The van der Waals surface area contributed by atoms with E-state index in [1.807, 2.05) is 0 Å². The summed E-state index contributed by atoms with van der Waals surface area (Å²) in [5.41, 5.74) is 5.60. The maximum absolute atomic E-state index is 14.1. The number of aromatic nitrogens is 3. The van der Waals surface area contributed by atoms with Crippen LogP contribution in [-0.2, 0) is 49.9 Å². The van der Waals surface area contributed by atoms with Crippen molar-refractivity contribution in [2.45, 2.75) is 165 Å². The van der Waals surface area contributed by atoms with Crippen LogP contribution < -0.4 is 5.73 Å². The van der Waals surface area contributed by atoms with Crippen molar-refractivity contribution >= 4 is 29.0 Å². The fourth-order valence-electron chi connectivity index (χ4n) is 7.50. The van der Waals surface area contributed by atoms with Gasteiger partial charge in [0.1, 0.15) is 41.6 Å². The first kappa shape index (κ1) is 50.1.